The first-order valence-corrected chi connectivity index (χ1v) is 14.3. The van der Waals surface area contributed by atoms with Crippen molar-refractivity contribution >= 4 is 33.1 Å². The van der Waals surface area contributed by atoms with Crippen LogP contribution in [0.25, 0.3) is 21.5 Å². The lowest BCUT2D eigenvalue weighted by molar-refractivity contribution is -0.177. The first kappa shape index (κ1) is 26.0. The van der Waals surface area contributed by atoms with Crippen molar-refractivity contribution in [1.29, 1.82) is 0 Å². The molecule has 3 aromatic rings. The number of pyridine rings is 1. The van der Waals surface area contributed by atoms with Gasteiger partial charge in [0.1, 0.15) is 0 Å². The molecule has 37 heavy (non-hydrogen) atoms. The summed E-state index contributed by atoms with van der Waals surface area (Å²) in [5.74, 6) is -2.39. The first-order valence-electron chi connectivity index (χ1n) is 13.4. The molecule has 1 aromatic carbocycles. The first-order chi connectivity index (χ1) is 17.8. The Labute approximate surface area is 221 Å². The average molecular weight is 527 g/mol. The molecule has 1 saturated heterocycles. The van der Waals surface area contributed by atoms with Crippen molar-refractivity contribution in [2.45, 2.75) is 51.9 Å². The van der Waals surface area contributed by atoms with E-state index in [4.69, 9.17) is 4.98 Å². The van der Waals surface area contributed by atoms with E-state index in [2.05, 4.69) is 21.7 Å². The molecule has 1 N–H and O–H groups in total. The van der Waals surface area contributed by atoms with E-state index in [1.165, 1.54) is 0 Å². The van der Waals surface area contributed by atoms with Crippen LogP contribution in [0.5, 0.6) is 0 Å². The number of piperidine rings is 1. The van der Waals surface area contributed by atoms with E-state index in [9.17, 15) is 13.6 Å². The minimum absolute atomic E-state index is 0.0384. The molecule has 3 heterocycles. The van der Waals surface area contributed by atoms with E-state index in [0.717, 1.165) is 72.6 Å². The molecule has 1 aliphatic heterocycles. The Balaban J connectivity index is 1.22. The summed E-state index contributed by atoms with van der Waals surface area (Å²) in [5.41, 5.74) is 4.37. The van der Waals surface area contributed by atoms with Crippen LogP contribution in [0.15, 0.2) is 41.8 Å². The molecule has 1 aliphatic carbocycles. The summed E-state index contributed by atoms with van der Waals surface area (Å²) in [6.07, 6.45) is 2.96. The quantitative estimate of drug-likeness (QED) is 0.313. The van der Waals surface area contributed by atoms with Crippen molar-refractivity contribution in [3.63, 3.8) is 0 Å². The van der Waals surface area contributed by atoms with Crippen LogP contribution < -0.4 is 5.32 Å². The highest BCUT2D eigenvalue weighted by Crippen LogP contribution is 2.57. The van der Waals surface area contributed by atoms with Gasteiger partial charge in [0, 0.05) is 43.6 Å². The number of likely N-dealkylation sites (tertiary alicyclic amines) is 1. The van der Waals surface area contributed by atoms with Crippen LogP contribution in [-0.2, 0) is 0 Å². The summed E-state index contributed by atoms with van der Waals surface area (Å²) >= 11 is 1.67. The van der Waals surface area contributed by atoms with Gasteiger partial charge in [0.05, 0.1) is 21.6 Å². The zero-order valence-electron chi connectivity index (χ0n) is 21.7. The van der Waals surface area contributed by atoms with E-state index >= 15 is 0 Å². The summed E-state index contributed by atoms with van der Waals surface area (Å²) < 4.78 is 27.9. The Bertz CT molecular complexity index is 1240. The Morgan fingerprint density at radius 3 is 2.59 bits per heavy atom. The highest BCUT2D eigenvalue weighted by molar-refractivity contribution is 7.17. The molecule has 0 bridgehead atoms. The number of amides is 1. The van der Waals surface area contributed by atoms with Gasteiger partial charge in [-0.05, 0) is 87.8 Å². The van der Waals surface area contributed by atoms with Gasteiger partial charge in [-0.25, -0.2) is 13.8 Å². The Hall–Kier alpha value is -2.58. The highest BCUT2D eigenvalue weighted by atomic mass is 32.1. The van der Waals surface area contributed by atoms with Gasteiger partial charge in [0.2, 0.25) is 5.92 Å². The van der Waals surface area contributed by atoms with Gasteiger partial charge in [0.15, 0.2) is 0 Å². The summed E-state index contributed by atoms with van der Waals surface area (Å²) in [4.78, 5) is 22.0. The fraction of sp³-hybridized carbons (Fsp3) is 0.517. The molecule has 198 valence electrons. The lowest BCUT2D eigenvalue weighted by Crippen LogP contribution is -2.52. The van der Waals surface area contributed by atoms with E-state index in [0.29, 0.717) is 18.7 Å². The number of hydrogen-bond donors (Lipinski definition) is 1. The van der Waals surface area contributed by atoms with Gasteiger partial charge in [-0.1, -0.05) is 12.1 Å². The monoisotopic (exact) mass is 526 g/mol. The number of thiophene rings is 1. The number of rotatable bonds is 9. The van der Waals surface area contributed by atoms with Gasteiger partial charge in [-0.15, -0.1) is 11.3 Å². The molecular formula is C29H36F2N4OS. The van der Waals surface area contributed by atoms with E-state index in [-0.39, 0.29) is 24.2 Å². The topological polar surface area (TPSA) is 48.5 Å². The molecule has 8 heteroatoms. The van der Waals surface area contributed by atoms with Crippen LogP contribution in [0.4, 0.5) is 14.5 Å². The lowest BCUT2D eigenvalue weighted by Gasteiger charge is -2.51. The molecule has 0 atom stereocenters. The van der Waals surface area contributed by atoms with Crippen molar-refractivity contribution in [3.8, 4) is 11.3 Å². The molecule has 1 amide bonds. The van der Waals surface area contributed by atoms with Crippen LogP contribution in [0.1, 0.15) is 56.3 Å². The van der Waals surface area contributed by atoms with E-state index < -0.39 is 5.92 Å². The number of nitrogens with zero attached hydrogens (tertiary/aromatic N) is 3. The van der Waals surface area contributed by atoms with Crippen molar-refractivity contribution in [1.82, 2.24) is 14.8 Å². The SMILES string of the molecule is CCN(CC)C(=O)c1cccc(-c2cc(NCCCN3CCC4(CC3)CC(F)(F)C4)c3sccc3n2)c1. The third-order valence-electron chi connectivity index (χ3n) is 8.02. The molecule has 0 radical (unpaired) electrons. The number of carbonyl (C=O) groups excluding carboxylic acids is 1. The maximum absolute atomic E-state index is 13.4. The summed E-state index contributed by atoms with van der Waals surface area (Å²) in [7, 11) is 0. The number of nitrogens with one attached hydrogen (secondary N) is 1. The summed E-state index contributed by atoms with van der Waals surface area (Å²) in [6, 6.07) is 11.8. The van der Waals surface area contributed by atoms with E-state index in [1.807, 2.05) is 49.1 Å². The van der Waals surface area contributed by atoms with Crippen molar-refractivity contribution in [2.75, 3.05) is 44.6 Å². The van der Waals surface area contributed by atoms with Crippen LogP contribution in [0, 0.1) is 5.41 Å². The fourth-order valence-corrected chi connectivity index (χ4v) is 6.74. The van der Waals surface area contributed by atoms with Crippen molar-refractivity contribution < 1.29 is 13.6 Å². The van der Waals surface area contributed by atoms with Crippen molar-refractivity contribution in [2.24, 2.45) is 5.41 Å². The van der Waals surface area contributed by atoms with Gasteiger partial charge in [0.25, 0.3) is 5.91 Å². The number of hydrogen-bond acceptors (Lipinski definition) is 5. The predicted molar refractivity (Wildman–Crippen MR) is 148 cm³/mol. The maximum Gasteiger partial charge on any atom is 0.253 e. The van der Waals surface area contributed by atoms with Gasteiger partial charge in [-0.3, -0.25) is 4.79 Å². The van der Waals surface area contributed by atoms with Gasteiger partial charge in [-0.2, -0.15) is 0 Å². The zero-order valence-corrected chi connectivity index (χ0v) is 22.6. The minimum atomic E-state index is -2.43. The normalized spacial score (nSPS) is 18.6. The Morgan fingerprint density at radius 2 is 1.89 bits per heavy atom. The standard InChI is InChI=1S/C29H36F2N4OS/c1-3-35(4-2)27(36)22-8-5-7-21(17-22)24-18-25(26-23(33-24)9-16-37-26)32-12-6-13-34-14-10-28(11-15-34)19-29(30,31)20-28/h5,7-9,16-18H,3-4,6,10-15,19-20H2,1-2H3,(H,32,33). The molecule has 1 saturated carbocycles. The Morgan fingerprint density at radius 1 is 1.14 bits per heavy atom. The molecule has 5 nitrogen and oxygen atoms in total. The molecule has 5 rings (SSSR count). The number of carbonyl (C=O) groups is 1. The molecule has 2 aromatic heterocycles. The van der Waals surface area contributed by atoms with E-state index in [1.54, 1.807) is 11.3 Å². The number of halogens is 2. The maximum atomic E-state index is 13.4. The van der Waals surface area contributed by atoms with Crippen LogP contribution in [0.2, 0.25) is 0 Å². The average Bonchev–Trinajstić information content (AvgIpc) is 3.36. The lowest BCUT2D eigenvalue weighted by atomic mass is 9.61. The highest BCUT2D eigenvalue weighted by Gasteiger charge is 2.56. The largest absolute Gasteiger partial charge is 0.384 e. The third kappa shape index (κ3) is 5.65. The summed E-state index contributed by atoms with van der Waals surface area (Å²) in [6.45, 7) is 9.00. The number of aromatic nitrogens is 1. The van der Waals surface area contributed by atoms with Gasteiger partial charge >= 0.3 is 0 Å². The number of fused-ring (bicyclic) bond motifs is 1. The smallest absolute Gasteiger partial charge is 0.253 e. The van der Waals surface area contributed by atoms with Crippen LogP contribution >= 0.6 is 11.3 Å². The number of benzene rings is 1. The van der Waals surface area contributed by atoms with Crippen molar-refractivity contribution in [3.05, 3.63) is 47.3 Å². The van der Waals surface area contributed by atoms with Gasteiger partial charge < -0.3 is 15.1 Å². The van der Waals surface area contributed by atoms with Crippen LogP contribution in [-0.4, -0.2) is 65.9 Å². The summed E-state index contributed by atoms with van der Waals surface area (Å²) in [5, 5.41) is 5.67. The molecule has 0 unspecified atom stereocenters. The molecule has 2 aliphatic rings. The third-order valence-corrected chi connectivity index (χ3v) is 8.95. The fourth-order valence-electron chi connectivity index (χ4n) is 5.92. The molecule has 1 spiro atoms. The number of anilines is 1. The second-order valence-electron chi connectivity index (χ2n) is 10.6. The molecular weight excluding hydrogens is 490 g/mol. The molecule has 2 fully saturated rings. The Kier molecular flexibility index (Phi) is 7.50. The second-order valence-corrected chi connectivity index (χ2v) is 11.5. The predicted octanol–water partition coefficient (Wildman–Crippen LogP) is 6.76. The number of alkyl halides is 2. The minimum Gasteiger partial charge on any atom is -0.384 e. The zero-order chi connectivity index (χ0) is 26.0. The van der Waals surface area contributed by atoms with Crippen LogP contribution in [0.3, 0.4) is 0 Å². The second kappa shape index (κ2) is 10.7.